The van der Waals surface area contributed by atoms with Crippen molar-refractivity contribution in [2.75, 3.05) is 25.6 Å². The van der Waals surface area contributed by atoms with Crippen molar-refractivity contribution in [3.63, 3.8) is 0 Å². The number of ether oxygens (including phenoxy) is 2. The molecule has 2 atom stereocenters. The molecule has 0 radical (unpaired) electrons. The topological polar surface area (TPSA) is 135 Å². The number of halogens is 3. The minimum Gasteiger partial charge on any atom is -0.496 e. The van der Waals surface area contributed by atoms with E-state index >= 15 is 4.39 Å². The number of amides is 1. The lowest BCUT2D eigenvalue weighted by Crippen LogP contribution is -2.46. The number of carbonyl (C=O) groups is 1. The third kappa shape index (κ3) is 6.28. The quantitative estimate of drug-likeness (QED) is 0.224. The maximum atomic E-state index is 15.5. The fourth-order valence-electron chi connectivity index (χ4n) is 5.03. The van der Waals surface area contributed by atoms with Crippen molar-refractivity contribution in [1.82, 2.24) is 14.9 Å². The zero-order valence-corrected chi connectivity index (χ0v) is 25.3. The molecule has 0 unspecified atom stereocenters. The number of aliphatic hydroxyl groups is 1. The van der Waals surface area contributed by atoms with Crippen LogP contribution in [0.3, 0.4) is 0 Å². The van der Waals surface area contributed by atoms with E-state index in [9.17, 15) is 19.5 Å². The van der Waals surface area contributed by atoms with Gasteiger partial charge < -0.3 is 30.2 Å². The Morgan fingerprint density at radius 3 is 2.57 bits per heavy atom. The zero-order valence-electron chi connectivity index (χ0n) is 23.7. The molecule has 230 valence electrons. The van der Waals surface area contributed by atoms with Crippen molar-refractivity contribution in [2.45, 2.75) is 25.1 Å². The highest BCUT2D eigenvalue weighted by atomic mass is 35.5. The minimum atomic E-state index is -0.764. The third-order valence-electron chi connectivity index (χ3n) is 7.51. The molecule has 1 aromatic heterocycles. The number of hydrogen-bond acceptors (Lipinski definition) is 7. The van der Waals surface area contributed by atoms with Gasteiger partial charge in [0.25, 0.3) is 11.5 Å². The van der Waals surface area contributed by atoms with Crippen LogP contribution in [0.4, 0.5) is 10.1 Å². The summed E-state index contributed by atoms with van der Waals surface area (Å²) < 4.78 is 27.1. The molecule has 0 spiro atoms. The van der Waals surface area contributed by atoms with E-state index in [4.69, 9.17) is 32.7 Å². The molecule has 0 saturated carbocycles. The average Bonchev–Trinajstić information content (AvgIpc) is 3.01. The highest BCUT2D eigenvalue weighted by Gasteiger charge is 2.25. The Morgan fingerprint density at radius 1 is 1.14 bits per heavy atom. The van der Waals surface area contributed by atoms with Gasteiger partial charge in [0.15, 0.2) is 0 Å². The molecule has 44 heavy (non-hydrogen) atoms. The lowest BCUT2D eigenvalue weighted by atomic mass is 9.97. The Balaban J connectivity index is 1.44. The van der Waals surface area contributed by atoms with Crippen LogP contribution in [-0.2, 0) is 18.3 Å². The molecule has 13 heteroatoms. The number of H-pyrrole nitrogens is 1. The van der Waals surface area contributed by atoms with Gasteiger partial charge in [-0.2, -0.15) is 0 Å². The van der Waals surface area contributed by atoms with Crippen LogP contribution in [0, 0.1) is 5.82 Å². The average molecular weight is 643 g/mol. The number of aromatic nitrogens is 2. The number of nitrogens with zero attached hydrogens (tertiary/aromatic N) is 1. The smallest absolute Gasteiger partial charge is 0.328 e. The van der Waals surface area contributed by atoms with Crippen LogP contribution in [-0.4, -0.2) is 53.0 Å². The van der Waals surface area contributed by atoms with E-state index in [0.717, 1.165) is 10.8 Å². The first-order valence-corrected chi connectivity index (χ1v) is 14.4. The SMILES string of the molecule is COc1cc(-c2cccc(-c3cccc(NC(=O)c4c[nH]c(=O)n(C)c4=O)c3Cl)c2Cl)cc(F)c1CN[C@H]1CCOC[C@H]1O. The Hall–Kier alpha value is -4.00. The highest BCUT2D eigenvalue weighted by molar-refractivity contribution is 6.39. The number of nitrogens with one attached hydrogen (secondary N) is 3. The van der Waals surface area contributed by atoms with Crippen molar-refractivity contribution in [3.05, 3.63) is 103 Å². The first-order valence-electron chi connectivity index (χ1n) is 13.6. The van der Waals surface area contributed by atoms with E-state index in [1.54, 1.807) is 42.5 Å². The van der Waals surface area contributed by atoms with E-state index in [1.165, 1.54) is 20.2 Å². The largest absolute Gasteiger partial charge is 0.496 e. The summed E-state index contributed by atoms with van der Waals surface area (Å²) in [4.78, 5) is 39.3. The molecule has 1 saturated heterocycles. The summed E-state index contributed by atoms with van der Waals surface area (Å²) in [7, 11) is 2.71. The molecule has 10 nitrogen and oxygen atoms in total. The van der Waals surface area contributed by atoms with Gasteiger partial charge >= 0.3 is 5.69 Å². The normalized spacial score (nSPS) is 16.5. The van der Waals surface area contributed by atoms with Gasteiger partial charge in [0.2, 0.25) is 0 Å². The summed E-state index contributed by atoms with van der Waals surface area (Å²) in [6, 6.07) is 13.0. The van der Waals surface area contributed by atoms with Crippen LogP contribution in [0.2, 0.25) is 10.0 Å². The van der Waals surface area contributed by atoms with Crippen LogP contribution in [0.15, 0.2) is 64.3 Å². The summed E-state index contributed by atoms with van der Waals surface area (Å²) in [5.74, 6) is -0.957. The fraction of sp³-hybridized carbons (Fsp3) is 0.258. The van der Waals surface area contributed by atoms with E-state index in [-0.39, 0.29) is 40.5 Å². The van der Waals surface area contributed by atoms with Crippen LogP contribution in [0.25, 0.3) is 22.3 Å². The van der Waals surface area contributed by atoms with Crippen LogP contribution in [0.1, 0.15) is 22.3 Å². The summed E-state index contributed by atoms with van der Waals surface area (Å²) in [6.45, 7) is 0.875. The summed E-state index contributed by atoms with van der Waals surface area (Å²) in [5, 5.41) is 16.4. The minimum absolute atomic E-state index is 0.143. The molecule has 1 fully saturated rings. The highest BCUT2D eigenvalue weighted by Crippen LogP contribution is 2.42. The Labute approximate surface area is 261 Å². The monoisotopic (exact) mass is 642 g/mol. The van der Waals surface area contributed by atoms with Crippen molar-refractivity contribution >= 4 is 34.8 Å². The van der Waals surface area contributed by atoms with Gasteiger partial charge in [0, 0.05) is 54.7 Å². The second-order valence-electron chi connectivity index (χ2n) is 10.2. The van der Waals surface area contributed by atoms with Gasteiger partial charge in [-0.25, -0.2) is 9.18 Å². The second-order valence-corrected chi connectivity index (χ2v) is 11.0. The number of carbonyl (C=O) groups excluding carboxylic acids is 1. The zero-order chi connectivity index (χ0) is 31.5. The van der Waals surface area contributed by atoms with Crippen molar-refractivity contribution in [1.29, 1.82) is 0 Å². The predicted molar refractivity (Wildman–Crippen MR) is 166 cm³/mol. The number of rotatable bonds is 8. The number of methoxy groups -OCH3 is 1. The molecule has 1 aliphatic heterocycles. The maximum absolute atomic E-state index is 15.5. The molecule has 0 bridgehead atoms. The number of hydrogen-bond donors (Lipinski definition) is 4. The number of aromatic amines is 1. The van der Waals surface area contributed by atoms with Crippen molar-refractivity contribution < 1.29 is 23.8 Å². The number of aliphatic hydroxyl groups excluding tert-OH is 1. The Bertz CT molecular complexity index is 1840. The first-order chi connectivity index (χ1) is 21.1. The molecule has 4 aromatic rings. The fourth-order valence-corrected chi connectivity index (χ4v) is 5.64. The standard InChI is InChI=1S/C31H29Cl2FN4O6/c1-38-30(41)21(14-36-31(38)42)29(40)37-24-8-4-7-19(28(24)33)18-6-3-5-17(27(18)32)16-11-22(34)20(26(12-16)43-2)13-35-23-9-10-44-15-25(23)39/h3-8,11-12,14,23,25,35,39H,9-10,13,15H2,1-2H3,(H,36,42)(H,37,40)/t23-,25+/m0/s1. The van der Waals surface area contributed by atoms with E-state index in [2.05, 4.69) is 15.6 Å². The lowest BCUT2D eigenvalue weighted by Gasteiger charge is -2.29. The maximum Gasteiger partial charge on any atom is 0.328 e. The predicted octanol–water partition coefficient (Wildman–Crippen LogP) is 4.35. The van der Waals surface area contributed by atoms with E-state index < -0.39 is 29.1 Å². The summed E-state index contributed by atoms with van der Waals surface area (Å²) in [6.07, 6.45) is 0.958. The lowest BCUT2D eigenvalue weighted by molar-refractivity contribution is -0.0281. The molecule has 0 aliphatic carbocycles. The first kappa shape index (κ1) is 31.4. The number of benzene rings is 3. The van der Waals surface area contributed by atoms with E-state index in [0.29, 0.717) is 46.6 Å². The van der Waals surface area contributed by atoms with Crippen LogP contribution < -0.4 is 26.6 Å². The second kappa shape index (κ2) is 13.3. The van der Waals surface area contributed by atoms with Crippen molar-refractivity contribution in [3.8, 4) is 28.0 Å². The summed E-state index contributed by atoms with van der Waals surface area (Å²) >= 11 is 13.6. The molecule has 1 aliphatic rings. The molecule has 1 amide bonds. The van der Waals surface area contributed by atoms with Crippen LogP contribution in [0.5, 0.6) is 5.75 Å². The molecular formula is C31H29Cl2FN4O6. The van der Waals surface area contributed by atoms with Gasteiger partial charge in [-0.05, 0) is 30.2 Å². The van der Waals surface area contributed by atoms with Crippen LogP contribution >= 0.6 is 23.2 Å². The number of anilines is 1. The molecule has 3 aromatic carbocycles. The molecular weight excluding hydrogens is 614 g/mol. The van der Waals surface area contributed by atoms with Gasteiger partial charge in [-0.15, -0.1) is 0 Å². The Morgan fingerprint density at radius 2 is 1.84 bits per heavy atom. The van der Waals surface area contributed by atoms with Crippen molar-refractivity contribution in [2.24, 2.45) is 7.05 Å². The van der Waals surface area contributed by atoms with Gasteiger partial charge in [0.05, 0.1) is 35.6 Å². The van der Waals surface area contributed by atoms with E-state index in [1.807, 2.05) is 0 Å². The third-order valence-corrected chi connectivity index (χ3v) is 8.33. The summed E-state index contributed by atoms with van der Waals surface area (Å²) in [5.41, 5.74) is 0.817. The van der Waals surface area contributed by atoms with Gasteiger partial charge in [-0.1, -0.05) is 53.5 Å². The van der Waals surface area contributed by atoms with Gasteiger partial charge in [-0.3, -0.25) is 14.2 Å². The molecule has 5 rings (SSSR count). The van der Waals surface area contributed by atoms with Gasteiger partial charge in [0.1, 0.15) is 17.1 Å². The molecule has 2 heterocycles. The molecule has 4 N–H and O–H groups in total. The Kier molecular flexibility index (Phi) is 9.52.